The van der Waals surface area contributed by atoms with Crippen LogP contribution in [0.1, 0.15) is 15.6 Å². The summed E-state index contributed by atoms with van der Waals surface area (Å²) in [5.74, 6) is 0.693. The lowest BCUT2D eigenvalue weighted by Gasteiger charge is -1.98. The Kier molecular flexibility index (Phi) is 2.60. The van der Waals surface area contributed by atoms with Crippen LogP contribution in [0.4, 0.5) is 0 Å². The zero-order valence-corrected chi connectivity index (χ0v) is 10.4. The third kappa shape index (κ3) is 1.69. The van der Waals surface area contributed by atoms with Gasteiger partial charge in [-0.1, -0.05) is 12.1 Å². The number of carbonyl (C=O) groups excluding carboxylic acids is 1. The average molecular weight is 259 g/mol. The molecule has 2 aromatic heterocycles. The Labute approximate surface area is 107 Å². The summed E-state index contributed by atoms with van der Waals surface area (Å²) in [4.78, 5) is 16.1. The smallest absolute Gasteiger partial charge is 0.256 e. The number of carbonyl (C=O) groups is 1. The maximum atomic E-state index is 12.1. The molecule has 0 saturated carbocycles. The molecule has 4 nitrogen and oxygen atoms in total. The minimum atomic E-state index is -0.205. The van der Waals surface area contributed by atoms with Gasteiger partial charge in [0.05, 0.1) is 7.11 Å². The lowest BCUT2D eigenvalue weighted by atomic mass is 10.2. The highest BCUT2D eigenvalue weighted by Crippen LogP contribution is 2.29. The van der Waals surface area contributed by atoms with E-state index < -0.39 is 0 Å². The molecule has 2 heterocycles. The number of hydrogen-bond acceptors (Lipinski definition) is 5. The third-order valence-corrected chi connectivity index (χ3v) is 3.35. The Bertz CT molecular complexity index is 700. The Morgan fingerprint density at radius 2 is 2.33 bits per heavy atom. The molecular weight excluding hydrogens is 250 g/mol. The second-order valence-electron chi connectivity index (χ2n) is 3.66. The Morgan fingerprint density at radius 3 is 3.06 bits per heavy atom. The molecule has 0 unspecified atom stereocenters. The number of para-hydroxylation sites is 1. The van der Waals surface area contributed by atoms with Crippen molar-refractivity contribution in [1.82, 2.24) is 4.98 Å². The molecule has 0 radical (unpaired) electrons. The summed E-state index contributed by atoms with van der Waals surface area (Å²) in [5.41, 5.74) is 0.583. The molecular formula is C13H9NO3S. The van der Waals surface area contributed by atoms with Gasteiger partial charge in [-0.2, -0.15) is 0 Å². The summed E-state index contributed by atoms with van der Waals surface area (Å²) in [7, 11) is 1.57. The lowest BCUT2D eigenvalue weighted by Crippen LogP contribution is -1.97. The van der Waals surface area contributed by atoms with Crippen LogP contribution >= 0.6 is 11.3 Å². The Morgan fingerprint density at radius 1 is 1.44 bits per heavy atom. The minimum absolute atomic E-state index is 0.205. The number of aromatic nitrogens is 1. The van der Waals surface area contributed by atoms with Gasteiger partial charge in [-0.05, 0) is 12.1 Å². The molecule has 5 heteroatoms. The van der Waals surface area contributed by atoms with Crippen molar-refractivity contribution in [3.63, 3.8) is 0 Å². The molecule has 0 atom stereocenters. The van der Waals surface area contributed by atoms with E-state index in [1.165, 1.54) is 11.3 Å². The molecule has 3 aromatic rings. The van der Waals surface area contributed by atoms with E-state index in [1.54, 1.807) is 30.8 Å². The summed E-state index contributed by atoms with van der Waals surface area (Å²) >= 11 is 1.29. The largest absolute Gasteiger partial charge is 0.493 e. The summed E-state index contributed by atoms with van der Waals surface area (Å²) in [5, 5.41) is 3.03. The molecule has 0 amide bonds. The van der Waals surface area contributed by atoms with Crippen molar-refractivity contribution < 1.29 is 13.9 Å². The van der Waals surface area contributed by atoms with Crippen LogP contribution in [0.3, 0.4) is 0 Å². The molecule has 0 N–H and O–H groups in total. The van der Waals surface area contributed by atoms with Crippen LogP contribution in [0.5, 0.6) is 5.75 Å². The molecule has 0 saturated heterocycles. The van der Waals surface area contributed by atoms with E-state index in [1.807, 2.05) is 12.1 Å². The predicted molar refractivity (Wildman–Crippen MR) is 68.3 cm³/mol. The number of furan rings is 1. The fraction of sp³-hybridized carbons (Fsp3) is 0.0769. The first-order chi connectivity index (χ1) is 8.79. The van der Waals surface area contributed by atoms with Gasteiger partial charge in [0.1, 0.15) is 0 Å². The molecule has 1 aromatic carbocycles. The number of ketones is 1. The number of hydrogen-bond donors (Lipinski definition) is 0. The van der Waals surface area contributed by atoms with Crippen molar-refractivity contribution in [3.05, 3.63) is 46.6 Å². The van der Waals surface area contributed by atoms with Crippen molar-refractivity contribution in [2.24, 2.45) is 0 Å². The predicted octanol–water partition coefficient (Wildman–Crippen LogP) is 3.13. The van der Waals surface area contributed by atoms with Crippen LogP contribution in [0.2, 0.25) is 0 Å². The lowest BCUT2D eigenvalue weighted by molar-refractivity contribution is 0.101. The molecule has 0 aliphatic heterocycles. The highest BCUT2D eigenvalue weighted by atomic mass is 32.1. The zero-order valence-electron chi connectivity index (χ0n) is 9.54. The van der Waals surface area contributed by atoms with E-state index in [0.29, 0.717) is 16.3 Å². The summed E-state index contributed by atoms with van der Waals surface area (Å²) < 4.78 is 10.8. The number of benzene rings is 1. The Balaban J connectivity index is 2.11. The number of methoxy groups -OCH3 is 1. The second kappa shape index (κ2) is 4.27. The average Bonchev–Trinajstić information content (AvgIpc) is 3.05. The zero-order chi connectivity index (χ0) is 12.5. The number of thiazole rings is 1. The SMILES string of the molecule is COc1cccc2cc(C(=O)c3nccs3)oc12. The van der Waals surface area contributed by atoms with Crippen molar-refractivity contribution in [2.75, 3.05) is 7.11 Å². The van der Waals surface area contributed by atoms with E-state index >= 15 is 0 Å². The molecule has 18 heavy (non-hydrogen) atoms. The van der Waals surface area contributed by atoms with Gasteiger partial charge in [0.2, 0.25) is 0 Å². The van der Waals surface area contributed by atoms with Gasteiger partial charge in [0.15, 0.2) is 22.1 Å². The van der Waals surface area contributed by atoms with E-state index in [0.717, 1.165) is 5.39 Å². The van der Waals surface area contributed by atoms with Crippen molar-refractivity contribution in [3.8, 4) is 5.75 Å². The normalized spacial score (nSPS) is 10.7. The fourth-order valence-electron chi connectivity index (χ4n) is 1.75. The molecule has 3 rings (SSSR count). The maximum absolute atomic E-state index is 12.1. The van der Waals surface area contributed by atoms with Crippen LogP contribution in [0.25, 0.3) is 11.0 Å². The number of rotatable bonds is 3. The van der Waals surface area contributed by atoms with Crippen LogP contribution in [0, 0.1) is 0 Å². The van der Waals surface area contributed by atoms with Gasteiger partial charge in [0.25, 0.3) is 5.78 Å². The van der Waals surface area contributed by atoms with Crippen molar-refractivity contribution in [2.45, 2.75) is 0 Å². The molecule has 90 valence electrons. The van der Waals surface area contributed by atoms with E-state index in [4.69, 9.17) is 9.15 Å². The number of ether oxygens (including phenoxy) is 1. The van der Waals surface area contributed by atoms with Crippen LogP contribution < -0.4 is 4.74 Å². The molecule has 0 bridgehead atoms. The first-order valence-electron chi connectivity index (χ1n) is 5.30. The van der Waals surface area contributed by atoms with Crippen LogP contribution in [0.15, 0.2) is 40.3 Å². The first-order valence-corrected chi connectivity index (χ1v) is 6.18. The fourth-order valence-corrected chi connectivity index (χ4v) is 2.33. The number of nitrogens with zero attached hydrogens (tertiary/aromatic N) is 1. The molecule has 0 fully saturated rings. The summed E-state index contributed by atoms with van der Waals surface area (Å²) in [6.45, 7) is 0. The van der Waals surface area contributed by atoms with Gasteiger partial charge < -0.3 is 9.15 Å². The van der Waals surface area contributed by atoms with Crippen LogP contribution in [-0.4, -0.2) is 17.9 Å². The monoisotopic (exact) mass is 259 g/mol. The third-order valence-electron chi connectivity index (χ3n) is 2.58. The highest BCUT2D eigenvalue weighted by Gasteiger charge is 2.18. The topological polar surface area (TPSA) is 52.3 Å². The molecule has 0 aliphatic rings. The number of fused-ring (bicyclic) bond motifs is 1. The molecule has 0 aliphatic carbocycles. The van der Waals surface area contributed by atoms with Crippen molar-refractivity contribution in [1.29, 1.82) is 0 Å². The highest BCUT2D eigenvalue weighted by molar-refractivity contribution is 7.11. The van der Waals surface area contributed by atoms with E-state index in [9.17, 15) is 4.79 Å². The van der Waals surface area contributed by atoms with Crippen LogP contribution in [-0.2, 0) is 0 Å². The van der Waals surface area contributed by atoms with Gasteiger partial charge in [-0.15, -0.1) is 11.3 Å². The Hall–Kier alpha value is -2.14. The summed E-state index contributed by atoms with van der Waals surface area (Å²) in [6.07, 6.45) is 1.60. The van der Waals surface area contributed by atoms with E-state index in [2.05, 4.69) is 4.98 Å². The summed E-state index contributed by atoms with van der Waals surface area (Å²) in [6, 6.07) is 7.24. The molecule has 0 spiro atoms. The maximum Gasteiger partial charge on any atom is 0.256 e. The van der Waals surface area contributed by atoms with Gasteiger partial charge in [0, 0.05) is 17.0 Å². The standard InChI is InChI=1S/C13H9NO3S/c1-16-9-4-2-3-8-7-10(17-12(8)9)11(15)13-14-5-6-18-13/h2-7H,1H3. The van der Waals surface area contributed by atoms with Gasteiger partial charge >= 0.3 is 0 Å². The minimum Gasteiger partial charge on any atom is -0.493 e. The van der Waals surface area contributed by atoms with Gasteiger partial charge in [-0.25, -0.2) is 4.98 Å². The van der Waals surface area contributed by atoms with Crippen molar-refractivity contribution >= 4 is 28.1 Å². The van der Waals surface area contributed by atoms with E-state index in [-0.39, 0.29) is 11.5 Å². The second-order valence-corrected chi connectivity index (χ2v) is 4.55. The quantitative estimate of drug-likeness (QED) is 0.678. The first kappa shape index (κ1) is 11.0. The van der Waals surface area contributed by atoms with Gasteiger partial charge in [-0.3, -0.25) is 4.79 Å².